The van der Waals surface area contributed by atoms with Crippen LogP contribution in [0.1, 0.15) is 40.5 Å². The van der Waals surface area contributed by atoms with Crippen molar-refractivity contribution >= 4 is 0 Å². The predicted octanol–water partition coefficient (Wildman–Crippen LogP) is 1.87. The zero-order valence-corrected chi connectivity index (χ0v) is 11.8. The highest BCUT2D eigenvalue weighted by atomic mass is 16.5. The second kappa shape index (κ2) is 5.25. The molecule has 0 saturated carbocycles. The molecule has 2 aliphatic heterocycles. The molecule has 2 aliphatic rings. The lowest BCUT2D eigenvalue weighted by molar-refractivity contribution is 0.00998. The molecule has 17 heavy (non-hydrogen) atoms. The molecule has 2 rings (SSSR count). The van der Waals surface area contributed by atoms with Gasteiger partial charge < -0.3 is 10.1 Å². The second-order valence-electron chi connectivity index (χ2n) is 6.36. The summed E-state index contributed by atoms with van der Waals surface area (Å²) in [5.41, 5.74) is 0.266. The molecule has 0 aromatic rings. The van der Waals surface area contributed by atoms with Crippen LogP contribution in [0.15, 0.2) is 0 Å². The monoisotopic (exact) mass is 240 g/mol. The fourth-order valence-electron chi connectivity index (χ4n) is 3.08. The maximum Gasteiger partial charge on any atom is 0.0622 e. The number of ether oxygens (including phenoxy) is 1. The average molecular weight is 240 g/mol. The molecule has 1 N–H and O–H groups in total. The Morgan fingerprint density at radius 3 is 2.82 bits per heavy atom. The third-order valence-corrected chi connectivity index (χ3v) is 4.65. The van der Waals surface area contributed by atoms with Crippen LogP contribution in [0.2, 0.25) is 0 Å². The summed E-state index contributed by atoms with van der Waals surface area (Å²) in [6.45, 7) is 13.5. The fourth-order valence-corrected chi connectivity index (χ4v) is 3.08. The van der Waals surface area contributed by atoms with Crippen LogP contribution in [0.5, 0.6) is 0 Å². The van der Waals surface area contributed by atoms with Gasteiger partial charge in [-0.05, 0) is 26.2 Å². The van der Waals surface area contributed by atoms with E-state index in [0.29, 0.717) is 12.1 Å². The van der Waals surface area contributed by atoms with Crippen molar-refractivity contribution in [3.05, 3.63) is 0 Å². The van der Waals surface area contributed by atoms with E-state index in [0.717, 1.165) is 25.7 Å². The Labute approximate surface area is 106 Å². The van der Waals surface area contributed by atoms with Gasteiger partial charge in [-0.1, -0.05) is 20.3 Å². The molecule has 2 heterocycles. The van der Waals surface area contributed by atoms with Crippen molar-refractivity contribution in [3.63, 3.8) is 0 Å². The minimum absolute atomic E-state index is 0.266. The van der Waals surface area contributed by atoms with Crippen LogP contribution in [0.3, 0.4) is 0 Å². The van der Waals surface area contributed by atoms with Crippen molar-refractivity contribution in [2.24, 2.45) is 5.92 Å². The van der Waals surface area contributed by atoms with Gasteiger partial charge in [0.25, 0.3) is 0 Å². The molecule has 2 fully saturated rings. The van der Waals surface area contributed by atoms with Crippen molar-refractivity contribution in [2.75, 3.05) is 26.3 Å². The topological polar surface area (TPSA) is 24.5 Å². The van der Waals surface area contributed by atoms with E-state index in [4.69, 9.17) is 4.74 Å². The van der Waals surface area contributed by atoms with Gasteiger partial charge in [-0.3, -0.25) is 4.90 Å². The summed E-state index contributed by atoms with van der Waals surface area (Å²) in [7, 11) is 0. The molecule has 0 aromatic carbocycles. The molecular formula is C14H28N2O. The Kier molecular flexibility index (Phi) is 4.11. The number of nitrogens with zero attached hydrogens (tertiary/aromatic N) is 1. The fraction of sp³-hybridized carbons (Fsp3) is 1.00. The number of rotatable bonds is 3. The van der Waals surface area contributed by atoms with Crippen molar-refractivity contribution in [1.29, 1.82) is 0 Å². The first-order valence-corrected chi connectivity index (χ1v) is 7.12. The number of hydrogen-bond acceptors (Lipinski definition) is 3. The van der Waals surface area contributed by atoms with Gasteiger partial charge in [0.05, 0.1) is 6.61 Å². The maximum absolute atomic E-state index is 5.56. The minimum Gasteiger partial charge on any atom is -0.380 e. The maximum atomic E-state index is 5.56. The molecular weight excluding hydrogens is 212 g/mol. The predicted molar refractivity (Wildman–Crippen MR) is 71.3 cm³/mol. The standard InChI is InChI=1S/C14H28N2O/c1-5-11(2)13-8-16(12-6-7-17-9-12)14(3,4)10-15-13/h11-13,15H,5-10H2,1-4H3. The first kappa shape index (κ1) is 13.3. The van der Waals surface area contributed by atoms with Crippen LogP contribution >= 0.6 is 0 Å². The van der Waals surface area contributed by atoms with E-state index >= 15 is 0 Å². The summed E-state index contributed by atoms with van der Waals surface area (Å²) in [6.07, 6.45) is 2.46. The highest BCUT2D eigenvalue weighted by Gasteiger charge is 2.40. The zero-order valence-electron chi connectivity index (χ0n) is 11.8. The molecule has 3 unspecified atom stereocenters. The summed E-state index contributed by atoms with van der Waals surface area (Å²) >= 11 is 0. The minimum atomic E-state index is 0.266. The lowest BCUT2D eigenvalue weighted by atomic mass is 9.89. The molecule has 100 valence electrons. The Hall–Kier alpha value is -0.120. The summed E-state index contributed by atoms with van der Waals surface area (Å²) < 4.78 is 5.56. The summed E-state index contributed by atoms with van der Waals surface area (Å²) in [6, 6.07) is 1.28. The highest BCUT2D eigenvalue weighted by Crippen LogP contribution is 2.27. The Balaban J connectivity index is 2.03. The van der Waals surface area contributed by atoms with E-state index in [-0.39, 0.29) is 5.54 Å². The second-order valence-corrected chi connectivity index (χ2v) is 6.36. The van der Waals surface area contributed by atoms with Gasteiger partial charge in [0, 0.05) is 37.3 Å². The smallest absolute Gasteiger partial charge is 0.0622 e. The first-order valence-electron chi connectivity index (χ1n) is 7.12. The van der Waals surface area contributed by atoms with Gasteiger partial charge in [0.2, 0.25) is 0 Å². The molecule has 3 nitrogen and oxygen atoms in total. The van der Waals surface area contributed by atoms with Crippen molar-refractivity contribution in [3.8, 4) is 0 Å². The first-order chi connectivity index (χ1) is 8.04. The molecule has 0 amide bonds. The third-order valence-electron chi connectivity index (χ3n) is 4.65. The quantitative estimate of drug-likeness (QED) is 0.815. The molecule has 3 heteroatoms. The molecule has 0 bridgehead atoms. The van der Waals surface area contributed by atoms with E-state index in [1.165, 1.54) is 19.4 Å². The molecule has 0 aliphatic carbocycles. The van der Waals surface area contributed by atoms with Gasteiger partial charge in [0.1, 0.15) is 0 Å². The largest absolute Gasteiger partial charge is 0.380 e. The molecule has 0 radical (unpaired) electrons. The number of piperazine rings is 1. The number of nitrogens with one attached hydrogen (secondary N) is 1. The highest BCUT2D eigenvalue weighted by molar-refractivity contribution is 4.97. The van der Waals surface area contributed by atoms with Gasteiger partial charge in [-0.25, -0.2) is 0 Å². The Morgan fingerprint density at radius 2 is 2.24 bits per heavy atom. The van der Waals surface area contributed by atoms with Crippen LogP contribution in [0.4, 0.5) is 0 Å². The van der Waals surface area contributed by atoms with Crippen molar-refractivity contribution < 1.29 is 4.74 Å². The Bertz CT molecular complexity index is 249. The normalized spacial score (nSPS) is 36.0. The van der Waals surface area contributed by atoms with E-state index < -0.39 is 0 Å². The lowest BCUT2D eigenvalue weighted by Crippen LogP contribution is -2.65. The SMILES string of the molecule is CCC(C)C1CN(C2CCOC2)C(C)(C)CN1. The van der Waals surface area contributed by atoms with Gasteiger partial charge in [-0.2, -0.15) is 0 Å². The average Bonchev–Trinajstić information content (AvgIpc) is 2.81. The summed E-state index contributed by atoms with van der Waals surface area (Å²) in [5.74, 6) is 0.760. The number of hydrogen-bond donors (Lipinski definition) is 1. The van der Waals surface area contributed by atoms with E-state index in [1.54, 1.807) is 0 Å². The van der Waals surface area contributed by atoms with Gasteiger partial charge >= 0.3 is 0 Å². The van der Waals surface area contributed by atoms with Crippen LogP contribution in [0, 0.1) is 5.92 Å². The zero-order chi connectivity index (χ0) is 12.5. The molecule has 0 aromatic heterocycles. The molecule has 3 atom stereocenters. The summed E-state index contributed by atoms with van der Waals surface area (Å²) in [5, 5.41) is 3.73. The van der Waals surface area contributed by atoms with Gasteiger partial charge in [0.15, 0.2) is 0 Å². The van der Waals surface area contributed by atoms with Crippen LogP contribution in [0.25, 0.3) is 0 Å². The van der Waals surface area contributed by atoms with Gasteiger partial charge in [-0.15, -0.1) is 0 Å². The Morgan fingerprint density at radius 1 is 1.47 bits per heavy atom. The lowest BCUT2D eigenvalue weighted by Gasteiger charge is -2.50. The molecule has 2 saturated heterocycles. The van der Waals surface area contributed by atoms with Crippen LogP contribution in [-0.2, 0) is 4.74 Å². The van der Waals surface area contributed by atoms with Crippen molar-refractivity contribution in [2.45, 2.75) is 58.2 Å². The van der Waals surface area contributed by atoms with Crippen molar-refractivity contribution in [1.82, 2.24) is 10.2 Å². The summed E-state index contributed by atoms with van der Waals surface area (Å²) in [4.78, 5) is 2.69. The van der Waals surface area contributed by atoms with E-state index in [9.17, 15) is 0 Å². The van der Waals surface area contributed by atoms with E-state index in [1.807, 2.05) is 0 Å². The van der Waals surface area contributed by atoms with E-state index in [2.05, 4.69) is 37.9 Å². The van der Waals surface area contributed by atoms with Crippen LogP contribution < -0.4 is 5.32 Å². The molecule has 0 spiro atoms. The van der Waals surface area contributed by atoms with Crippen LogP contribution in [-0.4, -0.2) is 48.8 Å². The third kappa shape index (κ3) is 2.83.